The summed E-state index contributed by atoms with van der Waals surface area (Å²) in [5.41, 5.74) is -0.601. The smallest absolute Gasteiger partial charge is 0.131 e. The van der Waals surface area contributed by atoms with E-state index in [2.05, 4.69) is 27.5 Å². The van der Waals surface area contributed by atoms with Gasteiger partial charge in [0.15, 0.2) is 0 Å². The first kappa shape index (κ1) is 14.1. The second-order valence-electron chi connectivity index (χ2n) is 5.72. The summed E-state index contributed by atoms with van der Waals surface area (Å²) in [4.78, 5) is 8.59. The number of nitrogens with one attached hydrogen (secondary N) is 2. The number of nitrogens with zero attached hydrogens (tertiary/aromatic N) is 2. The van der Waals surface area contributed by atoms with Gasteiger partial charge in [-0.1, -0.05) is 19.8 Å². The fourth-order valence-electron chi connectivity index (χ4n) is 2.83. The Hall–Kier alpha value is -1.36. The van der Waals surface area contributed by atoms with E-state index in [0.717, 1.165) is 36.7 Å². The van der Waals surface area contributed by atoms with Crippen LogP contribution >= 0.6 is 0 Å². The van der Waals surface area contributed by atoms with Gasteiger partial charge in [0.1, 0.15) is 17.5 Å². The largest absolute Gasteiger partial charge is 0.388 e. The predicted octanol–water partition coefficient (Wildman–Crippen LogP) is 2.18. The highest BCUT2D eigenvalue weighted by atomic mass is 16.3. The van der Waals surface area contributed by atoms with Crippen molar-refractivity contribution in [3.05, 3.63) is 11.9 Å². The van der Waals surface area contributed by atoms with Crippen LogP contribution in [0.4, 0.5) is 11.6 Å². The molecule has 1 aromatic rings. The number of aromatic nitrogens is 2. The third-order valence-corrected chi connectivity index (χ3v) is 3.76. The predicted molar refractivity (Wildman–Crippen MR) is 77.4 cm³/mol. The second-order valence-corrected chi connectivity index (χ2v) is 5.72. The molecule has 1 aliphatic carbocycles. The number of aryl methyl sites for hydroxylation is 1. The highest BCUT2D eigenvalue weighted by Gasteiger charge is 2.32. The molecule has 5 heteroatoms. The highest BCUT2D eigenvalue weighted by Crippen LogP contribution is 2.32. The minimum Gasteiger partial charge on any atom is -0.388 e. The van der Waals surface area contributed by atoms with Gasteiger partial charge in [0.2, 0.25) is 0 Å². The van der Waals surface area contributed by atoms with E-state index in [9.17, 15) is 5.11 Å². The van der Waals surface area contributed by atoms with E-state index in [4.69, 9.17) is 0 Å². The van der Waals surface area contributed by atoms with Crippen LogP contribution in [0.2, 0.25) is 0 Å². The quantitative estimate of drug-likeness (QED) is 0.777. The average molecular weight is 264 g/mol. The Morgan fingerprint density at radius 2 is 2.16 bits per heavy atom. The van der Waals surface area contributed by atoms with E-state index in [1.165, 1.54) is 6.42 Å². The van der Waals surface area contributed by atoms with E-state index in [-0.39, 0.29) is 0 Å². The standard InChI is InChI=1S/C14H24N4O/c1-10-5-4-6-14(19,8-10)9-16-13-7-12(15-3)17-11(2)18-13/h7,10,19H,4-6,8-9H2,1-3H3,(H2,15,16,17,18). The lowest BCUT2D eigenvalue weighted by Gasteiger charge is -2.35. The second kappa shape index (κ2) is 5.74. The minimum absolute atomic E-state index is 0.553. The lowest BCUT2D eigenvalue weighted by atomic mass is 9.79. The lowest BCUT2D eigenvalue weighted by Crippen LogP contribution is -2.41. The Balaban J connectivity index is 1.99. The van der Waals surface area contributed by atoms with Gasteiger partial charge >= 0.3 is 0 Å². The van der Waals surface area contributed by atoms with Crippen LogP contribution in [0.25, 0.3) is 0 Å². The van der Waals surface area contributed by atoms with Gasteiger partial charge in [0.05, 0.1) is 5.60 Å². The van der Waals surface area contributed by atoms with E-state index < -0.39 is 5.60 Å². The molecule has 2 rings (SSSR count). The van der Waals surface area contributed by atoms with Gasteiger partial charge in [-0.05, 0) is 25.7 Å². The topological polar surface area (TPSA) is 70.1 Å². The fourth-order valence-corrected chi connectivity index (χ4v) is 2.83. The molecule has 0 amide bonds. The van der Waals surface area contributed by atoms with E-state index in [1.807, 2.05) is 20.0 Å². The number of anilines is 2. The maximum Gasteiger partial charge on any atom is 0.131 e. The van der Waals surface area contributed by atoms with Gasteiger partial charge in [-0.25, -0.2) is 9.97 Å². The Bertz CT molecular complexity index is 437. The molecule has 0 aliphatic heterocycles. The minimum atomic E-state index is -0.601. The molecule has 0 bridgehead atoms. The molecular weight excluding hydrogens is 240 g/mol. The zero-order chi connectivity index (χ0) is 13.9. The van der Waals surface area contributed by atoms with Crippen molar-refractivity contribution in [3.8, 4) is 0 Å². The summed E-state index contributed by atoms with van der Waals surface area (Å²) in [5, 5.41) is 16.8. The van der Waals surface area contributed by atoms with Crippen molar-refractivity contribution in [2.75, 3.05) is 24.2 Å². The summed E-state index contributed by atoms with van der Waals surface area (Å²) >= 11 is 0. The molecule has 0 aromatic carbocycles. The van der Waals surface area contributed by atoms with Crippen LogP contribution in [0.15, 0.2) is 6.07 Å². The maximum absolute atomic E-state index is 10.6. The van der Waals surface area contributed by atoms with Crippen molar-refractivity contribution in [2.45, 2.75) is 45.1 Å². The Morgan fingerprint density at radius 1 is 1.42 bits per heavy atom. The number of rotatable bonds is 4. The first-order valence-corrected chi connectivity index (χ1v) is 7.00. The van der Waals surface area contributed by atoms with Crippen molar-refractivity contribution >= 4 is 11.6 Å². The van der Waals surface area contributed by atoms with E-state index in [0.29, 0.717) is 12.5 Å². The molecule has 0 spiro atoms. The molecule has 1 aromatic heterocycles. The summed E-state index contributed by atoms with van der Waals surface area (Å²) in [6, 6.07) is 1.86. The third kappa shape index (κ3) is 3.80. The molecule has 3 N–H and O–H groups in total. The zero-order valence-corrected chi connectivity index (χ0v) is 12.0. The molecule has 5 nitrogen and oxygen atoms in total. The number of hydrogen-bond donors (Lipinski definition) is 3. The van der Waals surface area contributed by atoms with Crippen LogP contribution in [0, 0.1) is 12.8 Å². The first-order valence-electron chi connectivity index (χ1n) is 7.00. The van der Waals surface area contributed by atoms with Crippen LogP contribution in [0.3, 0.4) is 0 Å². The van der Waals surface area contributed by atoms with Crippen LogP contribution in [0.1, 0.15) is 38.4 Å². The van der Waals surface area contributed by atoms with Gasteiger partial charge in [0, 0.05) is 19.7 Å². The van der Waals surface area contributed by atoms with E-state index >= 15 is 0 Å². The van der Waals surface area contributed by atoms with Crippen molar-refractivity contribution < 1.29 is 5.11 Å². The molecule has 0 saturated heterocycles. The molecule has 106 valence electrons. The van der Waals surface area contributed by atoms with Crippen molar-refractivity contribution in [1.82, 2.24) is 9.97 Å². The van der Waals surface area contributed by atoms with Crippen LogP contribution in [0.5, 0.6) is 0 Å². The van der Waals surface area contributed by atoms with Crippen molar-refractivity contribution in [1.29, 1.82) is 0 Å². The summed E-state index contributed by atoms with van der Waals surface area (Å²) in [6.45, 7) is 4.62. The molecule has 1 fully saturated rings. The Kier molecular flexibility index (Phi) is 4.24. The average Bonchev–Trinajstić information content (AvgIpc) is 2.35. The molecule has 1 heterocycles. The van der Waals surface area contributed by atoms with E-state index in [1.54, 1.807) is 0 Å². The molecule has 1 saturated carbocycles. The lowest BCUT2D eigenvalue weighted by molar-refractivity contribution is -0.000831. The van der Waals surface area contributed by atoms with Gasteiger partial charge in [0.25, 0.3) is 0 Å². The number of aliphatic hydroxyl groups is 1. The molecule has 19 heavy (non-hydrogen) atoms. The Morgan fingerprint density at radius 3 is 2.84 bits per heavy atom. The normalized spacial score (nSPS) is 27.1. The monoisotopic (exact) mass is 264 g/mol. The summed E-state index contributed by atoms with van der Waals surface area (Å²) in [7, 11) is 1.84. The van der Waals surface area contributed by atoms with Gasteiger partial charge in [-0.3, -0.25) is 0 Å². The maximum atomic E-state index is 10.6. The zero-order valence-electron chi connectivity index (χ0n) is 12.0. The third-order valence-electron chi connectivity index (χ3n) is 3.76. The fraction of sp³-hybridized carbons (Fsp3) is 0.714. The first-order chi connectivity index (χ1) is 9.00. The molecule has 0 radical (unpaired) electrons. The van der Waals surface area contributed by atoms with Gasteiger partial charge < -0.3 is 15.7 Å². The summed E-state index contributed by atoms with van der Waals surface area (Å²) in [6.07, 6.45) is 4.05. The van der Waals surface area contributed by atoms with Gasteiger partial charge in [-0.15, -0.1) is 0 Å². The molecule has 1 aliphatic rings. The molecule has 2 unspecified atom stereocenters. The number of hydrogen-bond acceptors (Lipinski definition) is 5. The SMILES string of the molecule is CNc1cc(NCC2(O)CCCC(C)C2)nc(C)n1. The summed E-state index contributed by atoms with van der Waals surface area (Å²) in [5.74, 6) is 2.88. The molecule has 2 atom stereocenters. The van der Waals surface area contributed by atoms with Crippen LogP contribution in [-0.2, 0) is 0 Å². The van der Waals surface area contributed by atoms with Crippen LogP contribution in [-0.4, -0.2) is 34.3 Å². The van der Waals surface area contributed by atoms with Crippen LogP contribution < -0.4 is 10.6 Å². The van der Waals surface area contributed by atoms with Crippen molar-refractivity contribution in [2.24, 2.45) is 5.92 Å². The Labute approximate surface area is 114 Å². The molecular formula is C14H24N4O. The van der Waals surface area contributed by atoms with Gasteiger partial charge in [-0.2, -0.15) is 0 Å². The highest BCUT2D eigenvalue weighted by molar-refractivity contribution is 5.47. The van der Waals surface area contributed by atoms with Crippen molar-refractivity contribution in [3.63, 3.8) is 0 Å². The summed E-state index contributed by atoms with van der Waals surface area (Å²) < 4.78 is 0.